The average Bonchev–Trinajstić information content (AvgIpc) is 3.37. The summed E-state index contributed by atoms with van der Waals surface area (Å²) in [5, 5.41) is 9.92. The Morgan fingerprint density at radius 2 is 2.10 bits per heavy atom. The highest BCUT2D eigenvalue weighted by atomic mass is 35.5. The molecule has 2 atom stereocenters. The van der Waals surface area contributed by atoms with Crippen molar-refractivity contribution in [3.8, 4) is 0 Å². The van der Waals surface area contributed by atoms with Gasteiger partial charge in [0.05, 0.1) is 21.8 Å². The van der Waals surface area contributed by atoms with Crippen molar-refractivity contribution in [3.05, 3.63) is 34.3 Å². The number of anilines is 2. The molecule has 3 rings (SSSR count). The first kappa shape index (κ1) is 23.3. The zero-order valence-corrected chi connectivity index (χ0v) is 18.9. The minimum atomic E-state index is -1.93. The van der Waals surface area contributed by atoms with Gasteiger partial charge in [0.15, 0.2) is 21.2 Å². The van der Waals surface area contributed by atoms with E-state index in [0.717, 1.165) is 45.1 Å². The Balaban J connectivity index is 1.37. The van der Waals surface area contributed by atoms with Gasteiger partial charge in [-0.15, -0.1) is 0 Å². The smallest absolute Gasteiger partial charge is 0.198 e. The van der Waals surface area contributed by atoms with Crippen LogP contribution in [0.3, 0.4) is 0 Å². The molecule has 0 spiro atoms. The van der Waals surface area contributed by atoms with Crippen LogP contribution in [0.5, 0.6) is 0 Å². The number of aromatic nitrogens is 1. The summed E-state index contributed by atoms with van der Waals surface area (Å²) in [4.78, 5) is 3.60. The molecule has 1 aliphatic heterocycles. The predicted molar refractivity (Wildman–Crippen MR) is 120 cm³/mol. The zero-order chi connectivity index (χ0) is 21.3. The number of nitrogens with one attached hydrogen (secondary N) is 4. The number of benzene rings is 1. The second-order valence-corrected chi connectivity index (χ2v) is 9.64. The van der Waals surface area contributed by atoms with Gasteiger partial charge in [-0.2, -0.15) is 4.39 Å². The van der Waals surface area contributed by atoms with Crippen LogP contribution in [0.1, 0.15) is 32.1 Å². The van der Waals surface area contributed by atoms with Gasteiger partial charge in [-0.3, -0.25) is 4.72 Å². The van der Waals surface area contributed by atoms with Gasteiger partial charge >= 0.3 is 0 Å². The predicted octanol–water partition coefficient (Wildman–Crippen LogP) is 4.13. The highest BCUT2D eigenvalue weighted by Crippen LogP contribution is 2.28. The topological polar surface area (TPSA) is 78.1 Å². The van der Waals surface area contributed by atoms with E-state index in [1.807, 2.05) is 0 Å². The summed E-state index contributed by atoms with van der Waals surface area (Å²) in [6.45, 7) is 3.75. The maximum absolute atomic E-state index is 14.4. The van der Waals surface area contributed by atoms with E-state index in [1.165, 1.54) is 25.0 Å². The van der Waals surface area contributed by atoms with Crippen LogP contribution in [-0.4, -0.2) is 41.4 Å². The van der Waals surface area contributed by atoms with Crippen molar-refractivity contribution < 1.29 is 13.0 Å². The third-order valence-corrected chi connectivity index (χ3v) is 7.04. The summed E-state index contributed by atoms with van der Waals surface area (Å²) in [7, 11) is -1.93. The fraction of sp³-hybridized carbons (Fsp3) is 0.526. The van der Waals surface area contributed by atoms with E-state index in [4.69, 9.17) is 11.6 Å². The Labute approximate surface area is 186 Å². The van der Waals surface area contributed by atoms with Crippen LogP contribution in [0.4, 0.5) is 19.6 Å². The highest BCUT2D eigenvalue weighted by Gasteiger charge is 2.16. The largest absolute Gasteiger partial charge is 0.384 e. The molecule has 1 unspecified atom stereocenters. The molecule has 2 heterocycles. The quantitative estimate of drug-likeness (QED) is 0.346. The minimum Gasteiger partial charge on any atom is -0.384 e. The maximum Gasteiger partial charge on any atom is 0.198 e. The van der Waals surface area contributed by atoms with Crippen LogP contribution in [0, 0.1) is 10.9 Å². The van der Waals surface area contributed by atoms with Crippen molar-refractivity contribution in [3.63, 3.8) is 0 Å². The SMILES string of the molecule is O=S(Nc1ncc(F)s1)c1cc(Cl)c(NCCCCNCC[C@H]2CCCN2)cc1F. The first-order chi connectivity index (χ1) is 14.5. The third-order valence-electron chi connectivity index (χ3n) is 4.81. The van der Waals surface area contributed by atoms with Gasteiger partial charge in [-0.25, -0.2) is 13.6 Å². The lowest BCUT2D eigenvalue weighted by molar-refractivity contribution is 0.517. The van der Waals surface area contributed by atoms with E-state index in [9.17, 15) is 13.0 Å². The molecule has 0 radical (unpaired) electrons. The number of thiazole rings is 1. The first-order valence-electron chi connectivity index (χ1n) is 9.99. The normalized spacial score (nSPS) is 17.2. The Hall–Kier alpha value is -1.33. The van der Waals surface area contributed by atoms with Gasteiger partial charge in [0.1, 0.15) is 5.82 Å². The fourth-order valence-electron chi connectivity index (χ4n) is 3.24. The molecule has 1 aromatic heterocycles. The number of nitrogens with zero attached hydrogens (tertiary/aromatic N) is 1. The van der Waals surface area contributed by atoms with Crippen LogP contribution in [0.15, 0.2) is 23.2 Å². The molecule has 1 aliphatic rings. The highest BCUT2D eigenvalue weighted by molar-refractivity contribution is 7.86. The van der Waals surface area contributed by atoms with Gasteiger partial charge in [-0.05, 0) is 63.9 Å². The van der Waals surface area contributed by atoms with Crippen molar-refractivity contribution in [1.82, 2.24) is 15.6 Å². The van der Waals surface area contributed by atoms with E-state index in [1.54, 1.807) is 0 Å². The summed E-state index contributed by atoms with van der Waals surface area (Å²) in [6.07, 6.45) is 6.63. The average molecular weight is 478 g/mol. The Morgan fingerprint density at radius 3 is 2.83 bits per heavy atom. The molecule has 30 heavy (non-hydrogen) atoms. The van der Waals surface area contributed by atoms with Crippen LogP contribution in [0.2, 0.25) is 5.02 Å². The van der Waals surface area contributed by atoms with Crippen molar-refractivity contribution in [2.24, 2.45) is 0 Å². The molecule has 11 heteroatoms. The van der Waals surface area contributed by atoms with Gasteiger partial charge in [0.2, 0.25) is 0 Å². The van der Waals surface area contributed by atoms with Crippen LogP contribution < -0.4 is 20.7 Å². The molecular weight excluding hydrogens is 452 g/mol. The standard InChI is InChI=1S/C19H26ClF2N5OS2/c20-14-10-17(30(28)27-19-26-12-18(22)29-19)15(21)11-16(14)25-7-2-1-6-23-9-5-13-4-3-8-24-13/h10-13,23-25H,1-9H2,(H,26,27)/t13-,30?/m1/s1. The number of hydrogen-bond donors (Lipinski definition) is 4. The number of unbranched alkanes of at least 4 members (excludes halogenated alkanes) is 1. The molecule has 1 saturated heterocycles. The molecule has 0 saturated carbocycles. The maximum atomic E-state index is 14.4. The lowest BCUT2D eigenvalue weighted by Crippen LogP contribution is -2.27. The van der Waals surface area contributed by atoms with Crippen LogP contribution in [0.25, 0.3) is 0 Å². The second-order valence-electron chi connectivity index (χ2n) is 7.07. The number of hydrogen-bond acceptors (Lipinski definition) is 6. The first-order valence-corrected chi connectivity index (χ1v) is 12.3. The number of rotatable bonds is 12. The van der Waals surface area contributed by atoms with E-state index in [2.05, 4.69) is 25.7 Å². The van der Waals surface area contributed by atoms with E-state index in [-0.39, 0.29) is 15.0 Å². The van der Waals surface area contributed by atoms with Crippen LogP contribution in [-0.2, 0) is 11.0 Å². The van der Waals surface area contributed by atoms with Gasteiger partial charge in [-0.1, -0.05) is 22.9 Å². The van der Waals surface area contributed by atoms with Crippen molar-refractivity contribution >= 4 is 44.7 Å². The molecule has 0 amide bonds. The lowest BCUT2D eigenvalue weighted by Gasteiger charge is -2.12. The summed E-state index contributed by atoms with van der Waals surface area (Å²) in [5.74, 6) is -0.660. The van der Waals surface area contributed by atoms with E-state index in [0.29, 0.717) is 29.6 Å². The number of halogens is 3. The zero-order valence-electron chi connectivity index (χ0n) is 16.5. The molecule has 1 fully saturated rings. The molecule has 0 aliphatic carbocycles. The molecule has 0 bridgehead atoms. The lowest BCUT2D eigenvalue weighted by atomic mass is 10.1. The summed E-state index contributed by atoms with van der Waals surface area (Å²) >= 11 is 6.91. The van der Waals surface area contributed by atoms with Gasteiger partial charge in [0.25, 0.3) is 0 Å². The monoisotopic (exact) mass is 477 g/mol. The Kier molecular flexibility index (Phi) is 9.26. The molecular formula is C19H26ClF2N5OS2. The molecule has 4 N–H and O–H groups in total. The Morgan fingerprint density at radius 1 is 1.27 bits per heavy atom. The van der Waals surface area contributed by atoms with Crippen molar-refractivity contribution in [1.29, 1.82) is 0 Å². The minimum absolute atomic E-state index is 0.108. The van der Waals surface area contributed by atoms with E-state index >= 15 is 0 Å². The van der Waals surface area contributed by atoms with Crippen molar-refractivity contribution in [2.45, 2.75) is 43.0 Å². The van der Waals surface area contributed by atoms with Crippen LogP contribution >= 0.6 is 22.9 Å². The molecule has 1 aromatic carbocycles. The second kappa shape index (κ2) is 11.9. The molecule has 2 aromatic rings. The fourth-order valence-corrected chi connectivity index (χ4v) is 5.11. The van der Waals surface area contributed by atoms with Crippen molar-refractivity contribution in [2.75, 3.05) is 36.2 Å². The molecule has 166 valence electrons. The van der Waals surface area contributed by atoms with E-state index < -0.39 is 21.9 Å². The summed E-state index contributed by atoms with van der Waals surface area (Å²) in [5.41, 5.74) is 0.454. The molecule has 6 nitrogen and oxygen atoms in total. The third kappa shape index (κ3) is 7.12. The van der Waals surface area contributed by atoms with Gasteiger partial charge < -0.3 is 16.0 Å². The summed E-state index contributed by atoms with van der Waals surface area (Å²) < 4.78 is 42.1. The summed E-state index contributed by atoms with van der Waals surface area (Å²) in [6, 6.07) is 3.20. The Bertz CT molecular complexity index is 848. The van der Waals surface area contributed by atoms with Gasteiger partial charge in [0, 0.05) is 12.6 Å².